The third-order valence-electron chi connectivity index (χ3n) is 3.53. The first-order valence-electron chi connectivity index (χ1n) is 8.39. The molecule has 0 heterocycles. The summed E-state index contributed by atoms with van der Waals surface area (Å²) in [7, 11) is 0. The van der Waals surface area contributed by atoms with Gasteiger partial charge in [0, 0.05) is 12.2 Å². The van der Waals surface area contributed by atoms with Crippen molar-refractivity contribution < 1.29 is 39.0 Å². The van der Waals surface area contributed by atoms with Crippen LogP contribution in [0, 0.1) is 0 Å². The largest absolute Gasteiger partial charge is 0.481 e. The Hall–Kier alpha value is -2.87. The van der Waals surface area contributed by atoms with Gasteiger partial charge in [0.15, 0.2) is 0 Å². The second-order valence-electron chi connectivity index (χ2n) is 6.10. The van der Waals surface area contributed by atoms with Gasteiger partial charge in [0.2, 0.25) is 23.6 Å². The Labute approximate surface area is 171 Å². The summed E-state index contributed by atoms with van der Waals surface area (Å²) in [6.45, 7) is 1.33. The highest BCUT2D eigenvalue weighted by Crippen LogP contribution is 2.03. The van der Waals surface area contributed by atoms with Crippen molar-refractivity contribution in [2.24, 2.45) is 11.5 Å². The van der Waals surface area contributed by atoms with Crippen LogP contribution in [0.15, 0.2) is 0 Å². The lowest BCUT2D eigenvalue weighted by Crippen LogP contribution is -2.57. The van der Waals surface area contributed by atoms with Crippen molar-refractivity contribution in [2.45, 2.75) is 50.4 Å². The number of hydrogen-bond donors (Lipinski definition) is 8. The fourth-order valence-electron chi connectivity index (χ4n) is 1.98. The number of carboxylic acid groups (broad SMARTS) is 2. The Morgan fingerprint density at radius 1 is 0.897 bits per heavy atom. The first-order chi connectivity index (χ1) is 13.4. The van der Waals surface area contributed by atoms with Crippen LogP contribution in [-0.4, -0.2) is 75.7 Å². The number of nitrogens with two attached hydrogens (primary N) is 2. The molecular weight excluding hydrogens is 410 g/mol. The van der Waals surface area contributed by atoms with Crippen molar-refractivity contribution in [2.75, 3.05) is 5.75 Å². The third kappa shape index (κ3) is 10.3. The molecule has 4 atom stereocenters. The van der Waals surface area contributed by atoms with Crippen LogP contribution in [0.5, 0.6) is 0 Å². The Balaban J connectivity index is 5.42. The molecule has 13 nitrogen and oxygen atoms in total. The molecule has 0 aliphatic rings. The highest BCUT2D eigenvalue weighted by molar-refractivity contribution is 7.80. The summed E-state index contributed by atoms with van der Waals surface area (Å²) in [5.41, 5.74) is 10.4. The molecule has 0 rings (SSSR count). The molecular formula is C15H25N5O8S. The zero-order valence-electron chi connectivity index (χ0n) is 15.6. The molecule has 0 fully saturated rings. The van der Waals surface area contributed by atoms with E-state index in [0.29, 0.717) is 0 Å². The van der Waals surface area contributed by atoms with Crippen molar-refractivity contribution in [3.05, 3.63) is 0 Å². The molecule has 14 heteroatoms. The van der Waals surface area contributed by atoms with Gasteiger partial charge in [0.05, 0.1) is 12.5 Å². The Kier molecular flexibility index (Phi) is 11.3. The van der Waals surface area contributed by atoms with Crippen LogP contribution in [0.2, 0.25) is 0 Å². The summed E-state index contributed by atoms with van der Waals surface area (Å²) < 4.78 is 0. The van der Waals surface area contributed by atoms with Crippen LogP contribution in [-0.2, 0) is 28.8 Å². The maximum Gasteiger partial charge on any atom is 0.327 e. The zero-order chi connectivity index (χ0) is 22.7. The van der Waals surface area contributed by atoms with Crippen molar-refractivity contribution in [3.63, 3.8) is 0 Å². The van der Waals surface area contributed by atoms with Crippen LogP contribution in [0.1, 0.15) is 26.2 Å². The molecule has 0 aromatic heterocycles. The number of nitrogens with one attached hydrogen (secondary N) is 3. The van der Waals surface area contributed by atoms with Gasteiger partial charge in [-0.2, -0.15) is 12.6 Å². The van der Waals surface area contributed by atoms with Crippen molar-refractivity contribution in [1.82, 2.24) is 16.0 Å². The molecule has 0 radical (unpaired) electrons. The number of carboxylic acids is 2. The van der Waals surface area contributed by atoms with Crippen LogP contribution in [0.25, 0.3) is 0 Å². The molecule has 29 heavy (non-hydrogen) atoms. The average Bonchev–Trinajstić information content (AvgIpc) is 2.60. The first-order valence-corrected chi connectivity index (χ1v) is 9.02. The lowest BCUT2D eigenvalue weighted by Gasteiger charge is -2.24. The predicted octanol–water partition coefficient (Wildman–Crippen LogP) is -3.46. The number of rotatable bonds is 13. The summed E-state index contributed by atoms with van der Waals surface area (Å²) >= 11 is 3.79. The van der Waals surface area contributed by atoms with Gasteiger partial charge in [-0.25, -0.2) is 4.79 Å². The maximum absolute atomic E-state index is 12.5. The van der Waals surface area contributed by atoms with Crippen molar-refractivity contribution in [1.29, 1.82) is 0 Å². The van der Waals surface area contributed by atoms with E-state index in [2.05, 4.69) is 28.6 Å². The van der Waals surface area contributed by atoms with E-state index in [1.807, 2.05) is 0 Å². The second kappa shape index (κ2) is 12.6. The summed E-state index contributed by atoms with van der Waals surface area (Å²) in [6, 6.07) is -5.31. The minimum atomic E-state index is -1.47. The minimum Gasteiger partial charge on any atom is -0.481 e. The van der Waals surface area contributed by atoms with E-state index in [1.54, 1.807) is 0 Å². The van der Waals surface area contributed by atoms with E-state index in [4.69, 9.17) is 21.7 Å². The van der Waals surface area contributed by atoms with Gasteiger partial charge in [-0.05, 0) is 13.3 Å². The number of hydrogen-bond acceptors (Lipinski definition) is 8. The van der Waals surface area contributed by atoms with Gasteiger partial charge < -0.3 is 37.6 Å². The lowest BCUT2D eigenvalue weighted by molar-refractivity contribution is -0.142. The van der Waals surface area contributed by atoms with Crippen LogP contribution in [0.4, 0.5) is 0 Å². The predicted molar refractivity (Wildman–Crippen MR) is 102 cm³/mol. The second-order valence-corrected chi connectivity index (χ2v) is 6.46. The lowest BCUT2D eigenvalue weighted by atomic mass is 10.1. The summed E-state index contributed by atoms with van der Waals surface area (Å²) in [6.07, 6.45) is -1.51. The molecule has 0 saturated carbocycles. The van der Waals surface area contributed by atoms with Gasteiger partial charge in [0.1, 0.15) is 18.1 Å². The molecule has 0 aromatic carbocycles. The van der Waals surface area contributed by atoms with Crippen LogP contribution < -0.4 is 27.4 Å². The average molecular weight is 435 g/mol. The molecule has 0 aliphatic carbocycles. The van der Waals surface area contributed by atoms with E-state index in [0.717, 1.165) is 0 Å². The van der Waals surface area contributed by atoms with Crippen LogP contribution >= 0.6 is 12.6 Å². The minimum absolute atomic E-state index is 0.255. The summed E-state index contributed by atoms with van der Waals surface area (Å²) in [4.78, 5) is 69.6. The Morgan fingerprint density at radius 2 is 1.38 bits per heavy atom. The first kappa shape index (κ1) is 26.1. The van der Waals surface area contributed by atoms with Gasteiger partial charge in [-0.15, -0.1) is 0 Å². The van der Waals surface area contributed by atoms with Crippen LogP contribution in [0.3, 0.4) is 0 Å². The molecule has 0 saturated heterocycles. The Bertz CT molecular complexity index is 657. The SMILES string of the molecule is CC(N)C(=O)NC(CC(N)=O)C(=O)NC(CCC(=O)O)C(=O)NC(CS)C(=O)O. The van der Waals surface area contributed by atoms with Gasteiger partial charge in [-0.3, -0.25) is 24.0 Å². The summed E-state index contributed by atoms with van der Waals surface area (Å²) in [5, 5.41) is 24.3. The number of primary amides is 1. The van der Waals surface area contributed by atoms with Crippen molar-refractivity contribution >= 4 is 48.2 Å². The number of thiol groups is 1. The molecule has 0 aromatic rings. The van der Waals surface area contributed by atoms with Gasteiger partial charge in [-0.1, -0.05) is 0 Å². The van der Waals surface area contributed by atoms with E-state index < -0.39 is 72.6 Å². The smallest absolute Gasteiger partial charge is 0.327 e. The molecule has 9 N–H and O–H groups in total. The Morgan fingerprint density at radius 3 is 1.79 bits per heavy atom. The molecule has 0 spiro atoms. The quantitative estimate of drug-likeness (QED) is 0.134. The third-order valence-corrected chi connectivity index (χ3v) is 3.89. The molecule has 164 valence electrons. The molecule has 0 aliphatic heterocycles. The van der Waals surface area contributed by atoms with E-state index in [9.17, 15) is 28.8 Å². The topological polar surface area (TPSA) is 231 Å². The molecule has 4 unspecified atom stereocenters. The normalized spacial score (nSPS) is 14.6. The number of carbonyl (C=O) groups excluding carboxylic acids is 4. The monoisotopic (exact) mass is 435 g/mol. The zero-order valence-corrected chi connectivity index (χ0v) is 16.5. The van der Waals surface area contributed by atoms with E-state index in [1.165, 1.54) is 6.92 Å². The number of carbonyl (C=O) groups is 6. The molecule has 4 amide bonds. The molecule has 0 bridgehead atoms. The maximum atomic E-state index is 12.5. The number of amides is 4. The highest BCUT2D eigenvalue weighted by Gasteiger charge is 2.30. The highest BCUT2D eigenvalue weighted by atomic mass is 32.1. The number of aliphatic carboxylic acids is 2. The standard InChI is InChI=1S/C15H25N5O8S/c1-6(16)12(24)19-8(4-10(17)21)14(26)18-7(2-3-11(22)23)13(25)20-9(5-29)15(27)28/h6-9,29H,2-5,16H2,1H3,(H2,17,21)(H,18,26)(H,19,24)(H,20,25)(H,22,23)(H,27,28). The van der Waals surface area contributed by atoms with Crippen molar-refractivity contribution in [3.8, 4) is 0 Å². The van der Waals surface area contributed by atoms with E-state index >= 15 is 0 Å². The van der Waals surface area contributed by atoms with E-state index in [-0.39, 0.29) is 12.2 Å². The fraction of sp³-hybridized carbons (Fsp3) is 0.600. The summed E-state index contributed by atoms with van der Waals surface area (Å²) in [5.74, 6) is -6.57. The van der Waals surface area contributed by atoms with Gasteiger partial charge >= 0.3 is 11.9 Å². The van der Waals surface area contributed by atoms with Gasteiger partial charge in [0.25, 0.3) is 0 Å². The fourth-order valence-corrected chi connectivity index (χ4v) is 2.23.